The van der Waals surface area contributed by atoms with Gasteiger partial charge >= 0.3 is 0 Å². The third kappa shape index (κ3) is 3.86. The molecule has 5 heteroatoms. The molecule has 0 aliphatic carbocycles. The summed E-state index contributed by atoms with van der Waals surface area (Å²) in [6, 6.07) is 3.77. The van der Waals surface area contributed by atoms with E-state index in [0.29, 0.717) is 10.7 Å². The summed E-state index contributed by atoms with van der Waals surface area (Å²) in [5.74, 6) is -0.433. The van der Waals surface area contributed by atoms with Crippen molar-refractivity contribution in [3.8, 4) is 0 Å². The summed E-state index contributed by atoms with van der Waals surface area (Å²) in [6.07, 6.45) is 3.16. The Morgan fingerprint density at radius 3 is 2.30 bits per heavy atom. The molecule has 4 nitrogen and oxygen atoms in total. The van der Waals surface area contributed by atoms with Crippen LogP contribution in [0.3, 0.4) is 0 Å². The van der Waals surface area contributed by atoms with Gasteiger partial charge in [0, 0.05) is 13.1 Å². The van der Waals surface area contributed by atoms with E-state index in [0.717, 1.165) is 43.5 Å². The van der Waals surface area contributed by atoms with Crippen LogP contribution >= 0.6 is 11.6 Å². The van der Waals surface area contributed by atoms with Crippen molar-refractivity contribution >= 4 is 29.1 Å². The molecule has 1 aliphatic rings. The van der Waals surface area contributed by atoms with Gasteiger partial charge in [-0.25, -0.2) is 0 Å². The van der Waals surface area contributed by atoms with E-state index in [-0.39, 0.29) is 11.8 Å². The van der Waals surface area contributed by atoms with E-state index in [1.54, 1.807) is 18.7 Å². The number of nitrogens with zero attached hydrogens (tertiary/aromatic N) is 1. The highest BCUT2D eigenvalue weighted by molar-refractivity contribution is 6.34. The molecule has 0 aromatic heterocycles. The molecule has 1 aliphatic heterocycles. The Hall–Kier alpha value is -1.55. The molecule has 23 heavy (non-hydrogen) atoms. The summed E-state index contributed by atoms with van der Waals surface area (Å²) in [6.45, 7) is 8.68. The minimum absolute atomic E-state index is 0.115. The number of amides is 2. The van der Waals surface area contributed by atoms with Gasteiger partial charge in [0.05, 0.1) is 10.7 Å². The Labute approximate surface area is 143 Å². The summed E-state index contributed by atoms with van der Waals surface area (Å²) >= 11 is 6.25. The number of piperidine rings is 1. The first-order valence-electron chi connectivity index (χ1n) is 8.11. The van der Waals surface area contributed by atoms with E-state index in [2.05, 4.69) is 5.32 Å². The molecule has 1 N–H and O–H groups in total. The fourth-order valence-electron chi connectivity index (χ4n) is 2.93. The average Bonchev–Trinajstić information content (AvgIpc) is 2.50. The van der Waals surface area contributed by atoms with Crippen LogP contribution in [-0.2, 0) is 9.59 Å². The number of likely N-dealkylation sites (tertiary alicyclic amines) is 1. The molecule has 0 bridgehead atoms. The molecule has 126 valence electrons. The Bertz CT molecular complexity index is 596. The molecule has 0 atom stereocenters. The van der Waals surface area contributed by atoms with E-state index < -0.39 is 5.41 Å². The van der Waals surface area contributed by atoms with Crippen LogP contribution in [-0.4, -0.2) is 29.8 Å². The first-order chi connectivity index (χ1) is 10.7. The van der Waals surface area contributed by atoms with E-state index in [9.17, 15) is 9.59 Å². The molecule has 0 unspecified atom stereocenters. The van der Waals surface area contributed by atoms with Crippen LogP contribution in [0, 0.1) is 19.3 Å². The molecule has 1 heterocycles. The molecular formula is C18H25ClN2O2. The molecule has 2 rings (SSSR count). The van der Waals surface area contributed by atoms with E-state index in [1.807, 2.05) is 26.0 Å². The maximum absolute atomic E-state index is 12.7. The van der Waals surface area contributed by atoms with Crippen LogP contribution in [0.25, 0.3) is 0 Å². The second-order valence-corrected chi connectivity index (χ2v) is 7.28. The first kappa shape index (κ1) is 17.8. The van der Waals surface area contributed by atoms with Crippen molar-refractivity contribution in [2.45, 2.75) is 47.0 Å². The molecule has 0 radical (unpaired) electrons. The van der Waals surface area contributed by atoms with Crippen LogP contribution in [0.5, 0.6) is 0 Å². The smallest absolute Gasteiger partial charge is 0.239 e. The van der Waals surface area contributed by atoms with E-state index in [1.165, 1.54) is 0 Å². The molecule has 1 aromatic rings. The second kappa shape index (κ2) is 6.91. The molecule has 1 fully saturated rings. The molecule has 2 amide bonds. The maximum Gasteiger partial charge on any atom is 0.239 e. The van der Waals surface area contributed by atoms with Gasteiger partial charge < -0.3 is 10.2 Å². The van der Waals surface area contributed by atoms with Crippen molar-refractivity contribution in [1.82, 2.24) is 4.90 Å². The quantitative estimate of drug-likeness (QED) is 0.850. The lowest BCUT2D eigenvalue weighted by molar-refractivity contribution is -0.147. The normalized spacial score (nSPS) is 15.4. The number of benzene rings is 1. The van der Waals surface area contributed by atoms with Gasteiger partial charge in [0.15, 0.2) is 0 Å². The molecular weight excluding hydrogens is 312 g/mol. The number of carbonyl (C=O) groups excluding carboxylic acids is 2. The van der Waals surface area contributed by atoms with Gasteiger partial charge in [-0.3, -0.25) is 9.59 Å². The summed E-state index contributed by atoms with van der Waals surface area (Å²) in [4.78, 5) is 27.2. The van der Waals surface area contributed by atoms with Gasteiger partial charge in [-0.15, -0.1) is 0 Å². The first-order valence-corrected chi connectivity index (χ1v) is 8.49. The highest BCUT2D eigenvalue weighted by Gasteiger charge is 2.39. The van der Waals surface area contributed by atoms with Gasteiger partial charge in [-0.1, -0.05) is 17.7 Å². The van der Waals surface area contributed by atoms with Crippen LogP contribution in [0.2, 0.25) is 5.02 Å². The minimum Gasteiger partial charge on any atom is -0.342 e. The largest absolute Gasteiger partial charge is 0.342 e. The highest BCUT2D eigenvalue weighted by Crippen LogP contribution is 2.30. The zero-order chi connectivity index (χ0) is 17.2. The number of rotatable bonds is 3. The summed E-state index contributed by atoms with van der Waals surface area (Å²) in [7, 11) is 0. The van der Waals surface area contributed by atoms with Crippen molar-refractivity contribution in [3.05, 3.63) is 28.3 Å². The molecule has 1 saturated heterocycles. The van der Waals surface area contributed by atoms with E-state index in [4.69, 9.17) is 11.6 Å². The number of nitrogens with one attached hydrogen (secondary N) is 1. The fourth-order valence-corrected chi connectivity index (χ4v) is 3.30. The zero-order valence-electron chi connectivity index (χ0n) is 14.3. The van der Waals surface area contributed by atoms with Gasteiger partial charge in [0.2, 0.25) is 11.8 Å². The van der Waals surface area contributed by atoms with E-state index >= 15 is 0 Å². The SMILES string of the molecule is Cc1cc(C)c(NC(=O)C(C)(C)C(=O)N2CCCCC2)c(Cl)c1. The number of anilines is 1. The number of halogens is 1. The summed E-state index contributed by atoms with van der Waals surface area (Å²) < 4.78 is 0. The fraction of sp³-hybridized carbons (Fsp3) is 0.556. The monoisotopic (exact) mass is 336 g/mol. The van der Waals surface area contributed by atoms with Gasteiger partial charge in [-0.2, -0.15) is 0 Å². The maximum atomic E-state index is 12.7. The summed E-state index contributed by atoms with van der Waals surface area (Å²) in [5, 5.41) is 3.34. The van der Waals surface area contributed by atoms with Gasteiger partial charge in [0.25, 0.3) is 0 Å². The van der Waals surface area contributed by atoms with Gasteiger partial charge in [0.1, 0.15) is 5.41 Å². The molecule has 0 spiro atoms. The van der Waals surface area contributed by atoms with Crippen LogP contribution < -0.4 is 5.32 Å². The standard InChI is InChI=1S/C18H25ClN2O2/c1-12-10-13(2)15(14(19)11-12)20-16(22)18(3,4)17(23)21-8-6-5-7-9-21/h10-11H,5-9H2,1-4H3,(H,20,22). The summed E-state index contributed by atoms with van der Waals surface area (Å²) in [5.41, 5.74) is 1.40. The van der Waals surface area contributed by atoms with Crippen LogP contribution in [0.4, 0.5) is 5.69 Å². The zero-order valence-corrected chi connectivity index (χ0v) is 15.1. The van der Waals surface area contributed by atoms with Crippen LogP contribution in [0.1, 0.15) is 44.2 Å². The third-order valence-corrected chi connectivity index (χ3v) is 4.71. The molecule has 1 aromatic carbocycles. The number of hydrogen-bond donors (Lipinski definition) is 1. The van der Waals surface area contributed by atoms with Crippen molar-refractivity contribution in [2.75, 3.05) is 18.4 Å². The van der Waals surface area contributed by atoms with Crippen molar-refractivity contribution in [2.24, 2.45) is 5.41 Å². The van der Waals surface area contributed by atoms with Gasteiger partial charge in [-0.05, 0) is 64.2 Å². The Balaban J connectivity index is 2.17. The third-order valence-electron chi connectivity index (χ3n) is 4.42. The Kier molecular flexibility index (Phi) is 5.35. The Morgan fingerprint density at radius 1 is 1.13 bits per heavy atom. The number of aryl methyl sites for hydroxylation is 2. The average molecular weight is 337 g/mol. The lowest BCUT2D eigenvalue weighted by Gasteiger charge is -2.33. The highest BCUT2D eigenvalue weighted by atomic mass is 35.5. The Morgan fingerprint density at radius 2 is 1.74 bits per heavy atom. The van der Waals surface area contributed by atoms with Crippen molar-refractivity contribution < 1.29 is 9.59 Å². The van der Waals surface area contributed by atoms with Crippen molar-refractivity contribution in [3.63, 3.8) is 0 Å². The number of hydrogen-bond acceptors (Lipinski definition) is 2. The lowest BCUT2D eigenvalue weighted by Crippen LogP contribution is -2.49. The predicted octanol–water partition coefficient (Wildman–Crippen LogP) is 3.93. The molecule has 0 saturated carbocycles. The lowest BCUT2D eigenvalue weighted by atomic mass is 9.89. The topological polar surface area (TPSA) is 49.4 Å². The van der Waals surface area contributed by atoms with Crippen LogP contribution in [0.15, 0.2) is 12.1 Å². The second-order valence-electron chi connectivity index (χ2n) is 6.87. The number of carbonyl (C=O) groups is 2. The predicted molar refractivity (Wildman–Crippen MR) is 93.8 cm³/mol. The minimum atomic E-state index is -1.11. The van der Waals surface area contributed by atoms with Crippen molar-refractivity contribution in [1.29, 1.82) is 0 Å².